The topological polar surface area (TPSA) is 56.1 Å². The molecule has 0 aromatic carbocycles. The van der Waals surface area contributed by atoms with Gasteiger partial charge in [0.05, 0.1) is 17.1 Å². The van der Waals surface area contributed by atoms with Crippen molar-refractivity contribution < 1.29 is 13.2 Å². The number of aromatic nitrogens is 1. The number of rotatable bonds is 2. The van der Waals surface area contributed by atoms with Gasteiger partial charge < -0.3 is 4.57 Å². The van der Waals surface area contributed by atoms with Crippen molar-refractivity contribution >= 4 is 26.7 Å². The molecule has 0 radical (unpaired) electrons. The van der Waals surface area contributed by atoms with Gasteiger partial charge in [-0.15, -0.1) is 0 Å². The van der Waals surface area contributed by atoms with Crippen LogP contribution < -0.4 is 0 Å². The van der Waals surface area contributed by atoms with Crippen LogP contribution in [0.3, 0.4) is 0 Å². The molecule has 1 aromatic rings. The molecule has 19 heavy (non-hydrogen) atoms. The minimum absolute atomic E-state index is 0.0263. The highest BCUT2D eigenvalue weighted by atomic mass is 35.5. The van der Waals surface area contributed by atoms with Gasteiger partial charge in [-0.25, -0.2) is 8.42 Å². The van der Waals surface area contributed by atoms with Crippen molar-refractivity contribution in [3.05, 3.63) is 23.0 Å². The summed E-state index contributed by atoms with van der Waals surface area (Å²) < 4.78 is 25.2. The first-order chi connectivity index (χ1) is 8.98. The first-order valence-electron chi connectivity index (χ1n) is 6.61. The van der Waals surface area contributed by atoms with Crippen molar-refractivity contribution in [1.29, 1.82) is 0 Å². The molecule has 1 fully saturated rings. The Kier molecular flexibility index (Phi) is 3.21. The Hall–Kier alpha value is -0.810. The fourth-order valence-electron chi connectivity index (χ4n) is 3.25. The van der Waals surface area contributed by atoms with Crippen LogP contribution in [0.1, 0.15) is 46.9 Å². The quantitative estimate of drug-likeness (QED) is 0.786. The summed E-state index contributed by atoms with van der Waals surface area (Å²) in [5.74, 6) is 0.429. The van der Waals surface area contributed by atoms with Crippen LogP contribution in [0.25, 0.3) is 0 Å². The fourth-order valence-corrected chi connectivity index (χ4v) is 5.12. The fraction of sp³-hybridized carbons (Fsp3) is 0.615. The molecule has 2 heterocycles. The maximum absolute atomic E-state index is 11.6. The van der Waals surface area contributed by atoms with Gasteiger partial charge in [0.15, 0.2) is 9.84 Å². The summed E-state index contributed by atoms with van der Waals surface area (Å²) in [5, 5.41) is -0.433. The maximum Gasteiger partial charge on any atom is 0.254 e. The molecule has 0 spiro atoms. The summed E-state index contributed by atoms with van der Waals surface area (Å²) in [6.45, 7) is 0. The Morgan fingerprint density at radius 3 is 2.68 bits per heavy atom. The monoisotopic (exact) mass is 301 g/mol. The third kappa shape index (κ3) is 2.34. The average Bonchev–Trinajstić information content (AvgIpc) is 2.89. The van der Waals surface area contributed by atoms with Crippen LogP contribution in [0, 0.1) is 0 Å². The summed E-state index contributed by atoms with van der Waals surface area (Å²) >= 11 is 5.65. The minimum Gasteiger partial charge on any atom is -0.346 e. The molecule has 1 atom stereocenters. The molecule has 0 N–H and O–H groups in total. The van der Waals surface area contributed by atoms with Crippen LogP contribution in [-0.2, 0) is 22.7 Å². The highest BCUT2D eigenvalue weighted by Crippen LogP contribution is 2.33. The van der Waals surface area contributed by atoms with Gasteiger partial charge in [-0.3, -0.25) is 4.79 Å². The van der Waals surface area contributed by atoms with Crippen molar-refractivity contribution in [1.82, 2.24) is 4.57 Å². The lowest BCUT2D eigenvalue weighted by molar-refractivity contribution is 0.108. The van der Waals surface area contributed by atoms with Crippen molar-refractivity contribution in [2.24, 2.45) is 0 Å². The smallest absolute Gasteiger partial charge is 0.254 e. The number of fused-ring (bicyclic) bond motifs is 1. The standard InChI is InChI=1S/C13H16ClNO3S/c14-13(16)11-7-15(9-5-6-19(17,18)8-9)12-4-2-1-3-10(11)12/h7,9H,1-6,8H2/t9-/m0/s1. The summed E-state index contributed by atoms with van der Waals surface area (Å²) in [6.07, 6.45) is 6.35. The lowest BCUT2D eigenvalue weighted by atomic mass is 9.95. The van der Waals surface area contributed by atoms with Crippen molar-refractivity contribution in [2.75, 3.05) is 11.5 Å². The van der Waals surface area contributed by atoms with E-state index in [0.29, 0.717) is 12.0 Å². The molecule has 1 aliphatic carbocycles. The zero-order chi connectivity index (χ0) is 13.6. The number of sulfone groups is 1. The van der Waals surface area contributed by atoms with Crippen molar-refractivity contribution in [3.8, 4) is 0 Å². The number of hydrogen-bond donors (Lipinski definition) is 0. The van der Waals surface area contributed by atoms with Crippen LogP contribution in [0.2, 0.25) is 0 Å². The molecule has 2 aliphatic rings. The molecular formula is C13H16ClNO3S. The van der Waals surface area contributed by atoms with Crippen LogP contribution >= 0.6 is 11.6 Å². The van der Waals surface area contributed by atoms with Gasteiger partial charge in [0.1, 0.15) is 0 Å². The van der Waals surface area contributed by atoms with E-state index < -0.39 is 15.1 Å². The summed E-state index contributed by atoms with van der Waals surface area (Å²) in [7, 11) is -2.92. The lowest BCUT2D eigenvalue weighted by Gasteiger charge is -2.19. The summed E-state index contributed by atoms with van der Waals surface area (Å²) in [5.41, 5.74) is 2.73. The van der Waals surface area contributed by atoms with E-state index in [1.54, 1.807) is 6.20 Å². The van der Waals surface area contributed by atoms with E-state index in [4.69, 9.17) is 11.6 Å². The van der Waals surface area contributed by atoms with Gasteiger partial charge in [-0.05, 0) is 49.3 Å². The normalized spacial score (nSPS) is 25.2. The highest BCUT2D eigenvalue weighted by molar-refractivity contribution is 7.91. The first kappa shape index (κ1) is 13.2. The van der Waals surface area contributed by atoms with Crippen molar-refractivity contribution in [3.63, 3.8) is 0 Å². The molecule has 0 bridgehead atoms. The van der Waals surface area contributed by atoms with Crippen LogP contribution in [0.15, 0.2) is 6.20 Å². The SMILES string of the molecule is O=C(Cl)c1cn([C@H]2CCS(=O)(=O)C2)c2c1CCCC2. The van der Waals surface area contributed by atoms with E-state index in [-0.39, 0.29) is 17.5 Å². The molecule has 6 heteroatoms. The number of nitrogens with zero attached hydrogens (tertiary/aromatic N) is 1. The third-order valence-electron chi connectivity index (χ3n) is 4.16. The first-order valence-corrected chi connectivity index (χ1v) is 8.81. The molecular weight excluding hydrogens is 286 g/mol. The van der Waals surface area contributed by atoms with E-state index in [1.807, 2.05) is 4.57 Å². The Morgan fingerprint density at radius 2 is 2.05 bits per heavy atom. The molecule has 0 unspecified atom stereocenters. The molecule has 4 nitrogen and oxygen atoms in total. The lowest BCUT2D eigenvalue weighted by Crippen LogP contribution is -2.15. The van der Waals surface area contributed by atoms with Crippen LogP contribution in [-0.4, -0.2) is 29.7 Å². The Labute approximate surface area is 117 Å². The Balaban J connectivity index is 2.05. The largest absolute Gasteiger partial charge is 0.346 e. The van der Waals surface area contributed by atoms with E-state index >= 15 is 0 Å². The number of halogens is 1. The number of hydrogen-bond acceptors (Lipinski definition) is 3. The van der Waals surface area contributed by atoms with Crippen LogP contribution in [0.5, 0.6) is 0 Å². The summed E-state index contributed by atoms with van der Waals surface area (Å²) in [4.78, 5) is 11.5. The molecule has 0 amide bonds. The van der Waals surface area contributed by atoms with E-state index in [1.165, 1.54) is 0 Å². The van der Waals surface area contributed by atoms with Gasteiger partial charge in [-0.1, -0.05) is 0 Å². The Bertz CT molecular complexity index is 633. The molecule has 1 aliphatic heterocycles. The third-order valence-corrected chi connectivity index (χ3v) is 6.11. The number of carbonyl (C=O) groups excluding carboxylic acids is 1. The van der Waals surface area contributed by atoms with Gasteiger partial charge in [0, 0.05) is 17.9 Å². The van der Waals surface area contributed by atoms with Gasteiger partial charge in [0.25, 0.3) is 5.24 Å². The molecule has 1 saturated heterocycles. The van der Waals surface area contributed by atoms with E-state index in [0.717, 1.165) is 36.9 Å². The zero-order valence-electron chi connectivity index (χ0n) is 10.6. The number of carbonyl (C=O) groups is 1. The highest BCUT2D eigenvalue weighted by Gasteiger charge is 2.32. The van der Waals surface area contributed by atoms with Gasteiger partial charge in [0.2, 0.25) is 0 Å². The second-order valence-electron chi connectivity index (χ2n) is 5.41. The average molecular weight is 302 g/mol. The molecule has 3 rings (SSSR count). The van der Waals surface area contributed by atoms with Crippen molar-refractivity contribution in [2.45, 2.75) is 38.1 Å². The molecule has 0 saturated carbocycles. The second-order valence-corrected chi connectivity index (χ2v) is 7.98. The minimum atomic E-state index is -2.92. The predicted molar refractivity (Wildman–Crippen MR) is 73.6 cm³/mol. The molecule has 1 aromatic heterocycles. The molecule has 104 valence electrons. The van der Waals surface area contributed by atoms with E-state index in [2.05, 4.69) is 0 Å². The van der Waals surface area contributed by atoms with Gasteiger partial charge >= 0.3 is 0 Å². The zero-order valence-corrected chi connectivity index (χ0v) is 12.1. The van der Waals surface area contributed by atoms with Crippen LogP contribution in [0.4, 0.5) is 0 Å². The Morgan fingerprint density at radius 1 is 1.32 bits per heavy atom. The maximum atomic E-state index is 11.6. The van der Waals surface area contributed by atoms with Gasteiger partial charge in [-0.2, -0.15) is 0 Å². The summed E-state index contributed by atoms with van der Waals surface area (Å²) in [6, 6.07) is -0.0263. The van der Waals surface area contributed by atoms with E-state index in [9.17, 15) is 13.2 Å². The predicted octanol–water partition coefficient (Wildman–Crippen LogP) is 2.11. The second kappa shape index (κ2) is 4.63.